The zero-order valence-corrected chi connectivity index (χ0v) is 12.7. The lowest BCUT2D eigenvalue weighted by molar-refractivity contribution is -0.144. The van der Waals surface area contributed by atoms with Crippen molar-refractivity contribution in [3.8, 4) is 0 Å². The molecule has 0 fully saturated rings. The number of hydrogen-bond acceptors (Lipinski definition) is 5. The van der Waals surface area contributed by atoms with Gasteiger partial charge in [0.25, 0.3) is 0 Å². The van der Waals surface area contributed by atoms with Gasteiger partial charge in [0.1, 0.15) is 12.2 Å². The molecular weight excluding hydrogens is 298 g/mol. The fourth-order valence-corrected chi connectivity index (χ4v) is 2.37. The highest BCUT2D eigenvalue weighted by atomic mass is 16.5. The normalized spacial score (nSPS) is 23.3. The third-order valence-electron chi connectivity index (χ3n) is 3.35. The molecule has 0 saturated heterocycles. The van der Waals surface area contributed by atoms with E-state index in [0.717, 1.165) is 0 Å². The standard InChI is InChI=1S/C16H17N3O4/c1-11(20)22-14-7-8-15(10-13(9-14)18-19-17)23-16(21)12-5-3-2-4-6-12/h2-8,13-15H,9-10H2,1H3/t13-,14-,15+/m1/s1. The van der Waals surface area contributed by atoms with Crippen LogP contribution in [0.3, 0.4) is 0 Å². The summed E-state index contributed by atoms with van der Waals surface area (Å²) >= 11 is 0. The molecule has 2 rings (SSSR count). The molecule has 0 spiro atoms. The molecule has 23 heavy (non-hydrogen) atoms. The second kappa shape index (κ2) is 8.00. The van der Waals surface area contributed by atoms with Gasteiger partial charge < -0.3 is 9.47 Å². The van der Waals surface area contributed by atoms with E-state index in [0.29, 0.717) is 18.4 Å². The van der Waals surface area contributed by atoms with Gasteiger partial charge in [-0.1, -0.05) is 23.3 Å². The quantitative estimate of drug-likeness (QED) is 0.280. The highest BCUT2D eigenvalue weighted by molar-refractivity contribution is 5.89. The SMILES string of the molecule is CC(=O)O[C@@H]1C=C[C@H](OC(=O)c2ccccc2)C[C@H](N=[N+]=[N-])C1. The molecule has 0 aliphatic heterocycles. The van der Waals surface area contributed by atoms with Crippen molar-refractivity contribution >= 4 is 11.9 Å². The molecule has 7 heteroatoms. The van der Waals surface area contributed by atoms with Gasteiger partial charge in [-0.15, -0.1) is 0 Å². The molecule has 3 atom stereocenters. The zero-order valence-electron chi connectivity index (χ0n) is 12.7. The van der Waals surface area contributed by atoms with E-state index < -0.39 is 30.2 Å². The second-order valence-corrected chi connectivity index (χ2v) is 5.17. The van der Waals surface area contributed by atoms with Crippen molar-refractivity contribution in [1.29, 1.82) is 0 Å². The van der Waals surface area contributed by atoms with E-state index in [1.54, 1.807) is 36.4 Å². The molecule has 0 saturated carbocycles. The molecular formula is C16H17N3O4. The first-order valence-electron chi connectivity index (χ1n) is 7.24. The van der Waals surface area contributed by atoms with Crippen LogP contribution in [-0.4, -0.2) is 30.2 Å². The van der Waals surface area contributed by atoms with Gasteiger partial charge in [0, 0.05) is 17.9 Å². The minimum Gasteiger partial charge on any atom is -0.458 e. The van der Waals surface area contributed by atoms with Gasteiger partial charge in [0.15, 0.2) is 0 Å². The van der Waals surface area contributed by atoms with Crippen molar-refractivity contribution in [3.05, 3.63) is 58.5 Å². The largest absolute Gasteiger partial charge is 0.458 e. The Kier molecular flexibility index (Phi) is 5.77. The van der Waals surface area contributed by atoms with E-state index in [2.05, 4.69) is 10.0 Å². The molecule has 1 aromatic rings. The Labute approximate surface area is 133 Å². The molecule has 0 bridgehead atoms. The molecule has 120 valence electrons. The molecule has 1 aliphatic rings. The predicted octanol–water partition coefficient (Wildman–Crippen LogP) is 3.17. The van der Waals surface area contributed by atoms with E-state index in [1.807, 2.05) is 6.07 Å². The van der Waals surface area contributed by atoms with Crippen LogP contribution in [0.2, 0.25) is 0 Å². The summed E-state index contributed by atoms with van der Waals surface area (Å²) in [5.41, 5.74) is 9.09. The lowest BCUT2D eigenvalue weighted by atomic mass is 10.1. The molecule has 0 unspecified atom stereocenters. The maximum Gasteiger partial charge on any atom is 0.338 e. The second-order valence-electron chi connectivity index (χ2n) is 5.17. The van der Waals surface area contributed by atoms with E-state index in [9.17, 15) is 9.59 Å². The maximum absolute atomic E-state index is 12.1. The Morgan fingerprint density at radius 2 is 1.74 bits per heavy atom. The Bertz CT molecular complexity index is 638. The van der Waals surface area contributed by atoms with Gasteiger partial charge in [0.05, 0.1) is 5.56 Å². The topological polar surface area (TPSA) is 101 Å². The first-order valence-corrected chi connectivity index (χ1v) is 7.24. The Morgan fingerprint density at radius 3 is 2.30 bits per heavy atom. The van der Waals surface area contributed by atoms with Crippen LogP contribution in [0.15, 0.2) is 47.6 Å². The first-order chi connectivity index (χ1) is 11.1. The van der Waals surface area contributed by atoms with Gasteiger partial charge in [-0.25, -0.2) is 4.79 Å². The summed E-state index contributed by atoms with van der Waals surface area (Å²) < 4.78 is 10.6. The molecule has 0 N–H and O–H groups in total. The predicted molar refractivity (Wildman–Crippen MR) is 82.5 cm³/mol. The van der Waals surface area contributed by atoms with Crippen LogP contribution < -0.4 is 0 Å². The summed E-state index contributed by atoms with van der Waals surface area (Å²) in [6.07, 6.45) is 3.00. The molecule has 1 aromatic carbocycles. The van der Waals surface area contributed by atoms with Crippen molar-refractivity contribution in [2.24, 2.45) is 5.11 Å². The fourth-order valence-electron chi connectivity index (χ4n) is 2.37. The number of carbonyl (C=O) groups is 2. The van der Waals surface area contributed by atoms with Crippen LogP contribution >= 0.6 is 0 Å². The number of nitrogens with zero attached hydrogens (tertiary/aromatic N) is 3. The number of rotatable bonds is 4. The van der Waals surface area contributed by atoms with Crippen molar-refractivity contribution in [1.82, 2.24) is 0 Å². The maximum atomic E-state index is 12.1. The van der Waals surface area contributed by atoms with Crippen LogP contribution in [0.25, 0.3) is 10.4 Å². The number of carbonyl (C=O) groups excluding carboxylic acids is 2. The number of hydrogen-bond donors (Lipinski definition) is 0. The summed E-state index contributed by atoms with van der Waals surface area (Å²) in [5, 5.41) is 3.69. The van der Waals surface area contributed by atoms with Crippen LogP contribution in [0.5, 0.6) is 0 Å². The minimum absolute atomic E-state index is 0.344. The Balaban J connectivity index is 2.09. The number of azide groups is 1. The molecule has 0 amide bonds. The summed E-state index contributed by atoms with van der Waals surface area (Å²) in [6.45, 7) is 1.31. The summed E-state index contributed by atoms with van der Waals surface area (Å²) in [5.74, 6) is -0.870. The summed E-state index contributed by atoms with van der Waals surface area (Å²) in [6, 6.07) is 8.21. The lowest BCUT2D eigenvalue weighted by Crippen LogP contribution is -2.22. The third-order valence-corrected chi connectivity index (χ3v) is 3.35. The third kappa shape index (κ3) is 5.16. The molecule has 0 aromatic heterocycles. The fraction of sp³-hybridized carbons (Fsp3) is 0.375. The van der Waals surface area contributed by atoms with Gasteiger partial charge in [-0.05, 0) is 42.7 Å². The van der Waals surface area contributed by atoms with Gasteiger partial charge in [-0.3, -0.25) is 4.79 Å². The smallest absolute Gasteiger partial charge is 0.338 e. The van der Waals surface area contributed by atoms with Crippen molar-refractivity contribution in [3.63, 3.8) is 0 Å². The van der Waals surface area contributed by atoms with E-state index in [4.69, 9.17) is 15.0 Å². The molecule has 0 heterocycles. The Morgan fingerprint density at radius 1 is 1.13 bits per heavy atom. The average molecular weight is 315 g/mol. The number of benzene rings is 1. The monoisotopic (exact) mass is 315 g/mol. The summed E-state index contributed by atoms with van der Waals surface area (Å²) in [4.78, 5) is 26.0. The van der Waals surface area contributed by atoms with E-state index in [-0.39, 0.29) is 0 Å². The molecule has 7 nitrogen and oxygen atoms in total. The van der Waals surface area contributed by atoms with Gasteiger partial charge >= 0.3 is 11.9 Å². The highest BCUT2D eigenvalue weighted by Gasteiger charge is 2.25. The van der Waals surface area contributed by atoms with Crippen molar-refractivity contribution < 1.29 is 19.1 Å². The molecule has 1 aliphatic carbocycles. The van der Waals surface area contributed by atoms with Crippen molar-refractivity contribution in [2.45, 2.75) is 38.0 Å². The number of ether oxygens (including phenoxy) is 2. The van der Waals surface area contributed by atoms with E-state index in [1.165, 1.54) is 6.92 Å². The first kappa shape index (κ1) is 16.6. The zero-order chi connectivity index (χ0) is 16.7. The van der Waals surface area contributed by atoms with Gasteiger partial charge in [-0.2, -0.15) is 0 Å². The van der Waals surface area contributed by atoms with Crippen LogP contribution in [0.1, 0.15) is 30.1 Å². The van der Waals surface area contributed by atoms with Crippen LogP contribution in [0.4, 0.5) is 0 Å². The lowest BCUT2D eigenvalue weighted by Gasteiger charge is -2.17. The molecule has 0 radical (unpaired) electrons. The minimum atomic E-state index is -0.543. The Hall–Kier alpha value is -2.79. The number of esters is 2. The van der Waals surface area contributed by atoms with Crippen LogP contribution in [-0.2, 0) is 14.3 Å². The van der Waals surface area contributed by atoms with Crippen LogP contribution in [0, 0.1) is 0 Å². The average Bonchev–Trinajstić information content (AvgIpc) is 2.70. The van der Waals surface area contributed by atoms with E-state index >= 15 is 0 Å². The summed E-state index contributed by atoms with van der Waals surface area (Å²) in [7, 11) is 0. The van der Waals surface area contributed by atoms with Crippen molar-refractivity contribution in [2.75, 3.05) is 0 Å². The highest BCUT2D eigenvalue weighted by Crippen LogP contribution is 2.21. The van der Waals surface area contributed by atoms with Gasteiger partial charge in [0.2, 0.25) is 0 Å².